The van der Waals surface area contributed by atoms with Crippen molar-refractivity contribution >= 4 is 11.9 Å². The van der Waals surface area contributed by atoms with Crippen LogP contribution in [0.25, 0.3) is 5.69 Å². The van der Waals surface area contributed by atoms with Crippen molar-refractivity contribution in [3.05, 3.63) is 47.0 Å². The second-order valence-corrected chi connectivity index (χ2v) is 6.45. The summed E-state index contributed by atoms with van der Waals surface area (Å²) < 4.78 is 19.9. The Morgan fingerprint density at radius 2 is 2.04 bits per heavy atom. The van der Waals surface area contributed by atoms with E-state index in [1.165, 1.54) is 12.1 Å². The lowest BCUT2D eigenvalue weighted by Crippen LogP contribution is -2.55. The first-order chi connectivity index (χ1) is 12.3. The fourth-order valence-corrected chi connectivity index (χ4v) is 3.12. The number of benzene rings is 1. The Kier molecular flexibility index (Phi) is 4.78. The summed E-state index contributed by atoms with van der Waals surface area (Å²) in [6.45, 7) is 3.85. The number of amides is 1. The van der Waals surface area contributed by atoms with Crippen molar-refractivity contribution in [1.29, 1.82) is 0 Å². The molecule has 2 heterocycles. The molecule has 0 bridgehead atoms. The minimum absolute atomic E-state index is 0.00783. The molecule has 26 heavy (non-hydrogen) atoms. The average Bonchev–Trinajstić information content (AvgIpc) is 3.17. The van der Waals surface area contributed by atoms with E-state index in [1.807, 2.05) is 6.92 Å². The van der Waals surface area contributed by atoms with Crippen LogP contribution >= 0.6 is 0 Å². The third-order valence-electron chi connectivity index (χ3n) is 4.66. The van der Waals surface area contributed by atoms with Crippen molar-refractivity contribution in [2.45, 2.75) is 32.2 Å². The standard InChI is InChI=1S/C18H20FN3O4/c1-11-15(9-16(23)20-18(17(24)25)7-8-26-10-18)12(2)22(21-11)14-5-3-13(19)4-6-14/h3-6H,7-10H2,1-2H3,(H,20,23)(H,24,25). The fourth-order valence-electron chi connectivity index (χ4n) is 3.12. The van der Waals surface area contributed by atoms with Crippen LogP contribution < -0.4 is 5.32 Å². The Bertz CT molecular complexity index is 839. The molecule has 8 heteroatoms. The molecule has 1 unspecified atom stereocenters. The maximum absolute atomic E-state index is 13.1. The van der Waals surface area contributed by atoms with Gasteiger partial charge in [0.2, 0.25) is 5.91 Å². The van der Waals surface area contributed by atoms with Crippen molar-refractivity contribution in [3.63, 3.8) is 0 Å². The minimum Gasteiger partial charge on any atom is -0.479 e. The van der Waals surface area contributed by atoms with Crippen LogP contribution in [0.15, 0.2) is 24.3 Å². The zero-order chi connectivity index (χ0) is 18.9. The van der Waals surface area contributed by atoms with Gasteiger partial charge in [-0.2, -0.15) is 5.10 Å². The number of aliphatic carboxylic acids is 1. The second kappa shape index (κ2) is 6.87. The largest absolute Gasteiger partial charge is 0.479 e. The molecule has 138 valence electrons. The lowest BCUT2D eigenvalue weighted by Gasteiger charge is -2.23. The predicted molar refractivity (Wildman–Crippen MR) is 90.6 cm³/mol. The predicted octanol–water partition coefficient (Wildman–Crippen LogP) is 1.53. The highest BCUT2D eigenvalue weighted by Crippen LogP contribution is 2.21. The number of aryl methyl sites for hydroxylation is 1. The number of carbonyl (C=O) groups is 2. The van der Waals surface area contributed by atoms with Gasteiger partial charge in [-0.05, 0) is 38.1 Å². The normalized spacial score (nSPS) is 19.5. The molecule has 7 nitrogen and oxygen atoms in total. The molecule has 1 atom stereocenters. The minimum atomic E-state index is -1.37. The molecule has 1 aromatic carbocycles. The average molecular weight is 361 g/mol. The number of halogens is 1. The lowest BCUT2D eigenvalue weighted by atomic mass is 9.98. The fraction of sp³-hybridized carbons (Fsp3) is 0.389. The first-order valence-corrected chi connectivity index (χ1v) is 8.25. The Morgan fingerprint density at radius 1 is 1.35 bits per heavy atom. The van der Waals surface area contributed by atoms with Crippen LogP contribution in [-0.2, 0) is 20.7 Å². The Balaban J connectivity index is 1.81. The van der Waals surface area contributed by atoms with Crippen molar-refractivity contribution in [2.75, 3.05) is 13.2 Å². The van der Waals surface area contributed by atoms with Gasteiger partial charge in [0.15, 0.2) is 5.54 Å². The summed E-state index contributed by atoms with van der Waals surface area (Å²) in [7, 11) is 0. The molecule has 1 amide bonds. The molecule has 1 aromatic heterocycles. The van der Waals surface area contributed by atoms with Crippen LogP contribution in [0.2, 0.25) is 0 Å². The van der Waals surface area contributed by atoms with E-state index < -0.39 is 17.4 Å². The molecule has 2 N–H and O–H groups in total. The van der Waals surface area contributed by atoms with Gasteiger partial charge >= 0.3 is 5.97 Å². The third-order valence-corrected chi connectivity index (χ3v) is 4.66. The highest BCUT2D eigenvalue weighted by molar-refractivity contribution is 5.88. The van der Waals surface area contributed by atoms with Gasteiger partial charge in [-0.3, -0.25) is 4.79 Å². The summed E-state index contributed by atoms with van der Waals surface area (Å²) in [5, 5.41) is 16.4. The molecule has 1 fully saturated rings. The van der Waals surface area contributed by atoms with Crippen LogP contribution in [0.3, 0.4) is 0 Å². The molecule has 2 aromatic rings. The number of nitrogens with zero attached hydrogens (tertiary/aromatic N) is 2. The van der Waals surface area contributed by atoms with Gasteiger partial charge in [0.05, 0.1) is 24.4 Å². The maximum Gasteiger partial charge on any atom is 0.331 e. The Morgan fingerprint density at radius 3 is 2.62 bits per heavy atom. The van der Waals surface area contributed by atoms with Crippen molar-refractivity contribution in [2.24, 2.45) is 0 Å². The molecule has 3 rings (SSSR count). The van der Waals surface area contributed by atoms with Crippen LogP contribution in [0.4, 0.5) is 4.39 Å². The number of carboxylic acid groups (broad SMARTS) is 1. The van der Waals surface area contributed by atoms with E-state index in [2.05, 4.69) is 10.4 Å². The number of hydrogen-bond acceptors (Lipinski definition) is 4. The SMILES string of the molecule is Cc1nn(-c2ccc(F)cc2)c(C)c1CC(=O)NC1(C(=O)O)CCOC1. The third kappa shape index (κ3) is 3.32. The van der Waals surface area contributed by atoms with E-state index in [0.717, 1.165) is 5.69 Å². The van der Waals surface area contributed by atoms with Gasteiger partial charge in [0.25, 0.3) is 0 Å². The maximum atomic E-state index is 13.1. The summed E-state index contributed by atoms with van der Waals surface area (Å²) in [6.07, 6.45) is 0.245. The number of carbonyl (C=O) groups excluding carboxylic acids is 1. The molecule has 0 aliphatic carbocycles. The van der Waals surface area contributed by atoms with Crippen molar-refractivity contribution < 1.29 is 23.8 Å². The Labute approximate surface area is 149 Å². The van der Waals surface area contributed by atoms with Crippen molar-refractivity contribution in [3.8, 4) is 5.69 Å². The van der Waals surface area contributed by atoms with Gasteiger partial charge in [-0.1, -0.05) is 0 Å². The summed E-state index contributed by atoms with van der Waals surface area (Å²) >= 11 is 0. The van der Waals surface area contributed by atoms with Gasteiger partial charge in [-0.15, -0.1) is 0 Å². The molecule has 0 radical (unpaired) electrons. The molecule has 1 aliphatic heterocycles. The highest BCUT2D eigenvalue weighted by atomic mass is 19.1. The quantitative estimate of drug-likeness (QED) is 0.842. The molecule has 1 aliphatic rings. The summed E-state index contributed by atoms with van der Waals surface area (Å²) in [6, 6.07) is 5.89. The van der Waals surface area contributed by atoms with E-state index >= 15 is 0 Å². The molecule has 0 saturated carbocycles. The molecular weight excluding hydrogens is 341 g/mol. The van der Waals surface area contributed by atoms with Crippen LogP contribution in [-0.4, -0.2) is 45.5 Å². The van der Waals surface area contributed by atoms with Crippen molar-refractivity contribution in [1.82, 2.24) is 15.1 Å². The zero-order valence-electron chi connectivity index (χ0n) is 14.6. The van der Waals surface area contributed by atoms with Gasteiger partial charge in [-0.25, -0.2) is 13.9 Å². The van der Waals surface area contributed by atoms with Crippen LogP contribution in [0, 0.1) is 19.7 Å². The van der Waals surface area contributed by atoms with Gasteiger partial charge < -0.3 is 15.2 Å². The number of aromatic nitrogens is 2. The van der Waals surface area contributed by atoms with E-state index in [4.69, 9.17) is 4.74 Å². The first-order valence-electron chi connectivity index (χ1n) is 8.25. The van der Waals surface area contributed by atoms with Gasteiger partial charge in [0.1, 0.15) is 5.82 Å². The van der Waals surface area contributed by atoms with E-state index in [0.29, 0.717) is 23.6 Å². The number of ether oxygens (including phenoxy) is 1. The van der Waals surface area contributed by atoms with Crippen LogP contribution in [0.5, 0.6) is 0 Å². The number of rotatable bonds is 5. The van der Waals surface area contributed by atoms with Gasteiger partial charge in [0, 0.05) is 24.3 Å². The second-order valence-electron chi connectivity index (χ2n) is 6.45. The monoisotopic (exact) mass is 361 g/mol. The molecule has 1 saturated heterocycles. The number of nitrogens with one attached hydrogen (secondary N) is 1. The first kappa shape index (κ1) is 18.1. The van der Waals surface area contributed by atoms with E-state index in [-0.39, 0.29) is 25.3 Å². The van der Waals surface area contributed by atoms with Crippen LogP contribution in [0.1, 0.15) is 23.4 Å². The molecular formula is C18H20FN3O4. The summed E-state index contributed by atoms with van der Waals surface area (Å²) in [5.74, 6) is -1.84. The number of hydrogen-bond donors (Lipinski definition) is 2. The molecule has 0 spiro atoms. The zero-order valence-corrected chi connectivity index (χ0v) is 14.6. The smallest absolute Gasteiger partial charge is 0.331 e. The lowest BCUT2D eigenvalue weighted by molar-refractivity contribution is -0.147. The topological polar surface area (TPSA) is 93.5 Å². The van der Waals surface area contributed by atoms with E-state index in [1.54, 1.807) is 23.7 Å². The number of carboxylic acids is 1. The highest BCUT2D eigenvalue weighted by Gasteiger charge is 2.44. The summed E-state index contributed by atoms with van der Waals surface area (Å²) in [4.78, 5) is 24.0. The Hall–Kier alpha value is -2.74. The summed E-state index contributed by atoms with van der Waals surface area (Å²) in [5.41, 5.74) is 1.44. The van der Waals surface area contributed by atoms with E-state index in [9.17, 15) is 19.1 Å².